The second-order valence-corrected chi connectivity index (χ2v) is 4.28. The Labute approximate surface area is 106 Å². The molecule has 0 amide bonds. The van der Waals surface area contributed by atoms with Gasteiger partial charge in [-0.05, 0) is 30.7 Å². The highest BCUT2D eigenvalue weighted by molar-refractivity contribution is 6.29. The molecule has 3 nitrogen and oxygen atoms in total. The van der Waals surface area contributed by atoms with Gasteiger partial charge in [0, 0.05) is 18.4 Å². The first-order valence-corrected chi connectivity index (χ1v) is 6.18. The van der Waals surface area contributed by atoms with E-state index in [9.17, 15) is 0 Å². The minimum Gasteiger partial charge on any atom is -0.364 e. The summed E-state index contributed by atoms with van der Waals surface area (Å²) in [6.45, 7) is 3.99. The van der Waals surface area contributed by atoms with Gasteiger partial charge in [-0.3, -0.25) is 0 Å². The number of anilines is 1. The number of hydrogen-bond donors (Lipinski definition) is 1. The van der Waals surface area contributed by atoms with Gasteiger partial charge in [-0.1, -0.05) is 24.6 Å². The van der Waals surface area contributed by atoms with E-state index in [2.05, 4.69) is 40.1 Å². The zero-order valence-electron chi connectivity index (χ0n) is 9.86. The van der Waals surface area contributed by atoms with Gasteiger partial charge in [0.1, 0.15) is 11.0 Å². The van der Waals surface area contributed by atoms with Gasteiger partial charge in [0.2, 0.25) is 0 Å². The van der Waals surface area contributed by atoms with Gasteiger partial charge >= 0.3 is 0 Å². The number of rotatable bonds is 5. The third-order valence-corrected chi connectivity index (χ3v) is 2.76. The van der Waals surface area contributed by atoms with Crippen molar-refractivity contribution >= 4 is 17.4 Å². The lowest BCUT2D eigenvalue weighted by molar-refractivity contribution is 0.654. The van der Waals surface area contributed by atoms with Crippen molar-refractivity contribution in [3.8, 4) is 0 Å². The van der Waals surface area contributed by atoms with Crippen LogP contribution in [0.4, 0.5) is 5.82 Å². The number of nitrogens with one attached hydrogen (secondary N) is 1. The van der Waals surface area contributed by atoms with E-state index in [1.165, 1.54) is 5.69 Å². The SMILES string of the molecule is CCCn1cccc1CNc1cccc(Cl)n1. The Morgan fingerprint density at radius 2 is 2.18 bits per heavy atom. The minimum atomic E-state index is 0.513. The predicted octanol–water partition coefficient (Wildman–Crippen LogP) is 3.56. The summed E-state index contributed by atoms with van der Waals surface area (Å²) in [5.41, 5.74) is 1.26. The zero-order chi connectivity index (χ0) is 12.1. The van der Waals surface area contributed by atoms with E-state index in [0.717, 1.165) is 25.3 Å². The maximum Gasteiger partial charge on any atom is 0.131 e. The zero-order valence-corrected chi connectivity index (χ0v) is 10.6. The van der Waals surface area contributed by atoms with Gasteiger partial charge in [0.25, 0.3) is 0 Å². The van der Waals surface area contributed by atoms with Gasteiger partial charge < -0.3 is 9.88 Å². The molecule has 0 atom stereocenters. The highest BCUT2D eigenvalue weighted by Gasteiger charge is 2.00. The van der Waals surface area contributed by atoms with E-state index in [-0.39, 0.29) is 0 Å². The molecule has 0 radical (unpaired) electrons. The van der Waals surface area contributed by atoms with Crippen LogP contribution in [0.25, 0.3) is 0 Å². The number of hydrogen-bond acceptors (Lipinski definition) is 2. The van der Waals surface area contributed by atoms with Crippen molar-refractivity contribution < 1.29 is 0 Å². The molecule has 0 fully saturated rings. The van der Waals surface area contributed by atoms with Crippen LogP contribution in [0.1, 0.15) is 19.0 Å². The summed E-state index contributed by atoms with van der Waals surface area (Å²) < 4.78 is 2.25. The van der Waals surface area contributed by atoms with Crippen molar-refractivity contribution in [3.63, 3.8) is 0 Å². The fourth-order valence-electron chi connectivity index (χ4n) is 1.76. The smallest absolute Gasteiger partial charge is 0.131 e. The minimum absolute atomic E-state index is 0.513. The van der Waals surface area contributed by atoms with Gasteiger partial charge in [0.05, 0.1) is 6.54 Å². The molecule has 2 aromatic rings. The highest BCUT2D eigenvalue weighted by Crippen LogP contribution is 2.11. The average Bonchev–Trinajstić information content (AvgIpc) is 2.75. The average molecular weight is 250 g/mol. The van der Waals surface area contributed by atoms with Crippen molar-refractivity contribution in [1.29, 1.82) is 0 Å². The van der Waals surface area contributed by atoms with Crippen LogP contribution < -0.4 is 5.32 Å². The maximum atomic E-state index is 5.83. The molecule has 17 heavy (non-hydrogen) atoms. The molecule has 2 rings (SSSR count). The summed E-state index contributed by atoms with van der Waals surface area (Å²) in [7, 11) is 0. The van der Waals surface area contributed by atoms with E-state index >= 15 is 0 Å². The molecule has 0 aliphatic carbocycles. The van der Waals surface area contributed by atoms with E-state index < -0.39 is 0 Å². The molecule has 2 aromatic heterocycles. The van der Waals surface area contributed by atoms with Crippen LogP contribution >= 0.6 is 11.6 Å². The lowest BCUT2D eigenvalue weighted by atomic mass is 10.4. The van der Waals surface area contributed by atoms with Crippen LogP contribution in [0.2, 0.25) is 5.15 Å². The second-order valence-electron chi connectivity index (χ2n) is 3.89. The van der Waals surface area contributed by atoms with E-state index in [1.807, 2.05) is 12.1 Å². The van der Waals surface area contributed by atoms with E-state index in [0.29, 0.717) is 5.15 Å². The van der Waals surface area contributed by atoms with Gasteiger partial charge in [-0.2, -0.15) is 0 Å². The molecule has 0 spiro atoms. The quantitative estimate of drug-likeness (QED) is 0.822. The predicted molar refractivity (Wildman–Crippen MR) is 71.3 cm³/mol. The lowest BCUT2D eigenvalue weighted by Crippen LogP contribution is -2.07. The Morgan fingerprint density at radius 3 is 2.94 bits per heavy atom. The summed E-state index contributed by atoms with van der Waals surface area (Å²) in [4.78, 5) is 4.19. The summed E-state index contributed by atoms with van der Waals surface area (Å²) in [5, 5.41) is 3.78. The van der Waals surface area contributed by atoms with Crippen LogP contribution in [0.3, 0.4) is 0 Å². The largest absolute Gasteiger partial charge is 0.364 e. The fourth-order valence-corrected chi connectivity index (χ4v) is 1.92. The Kier molecular flexibility index (Phi) is 4.04. The fraction of sp³-hybridized carbons (Fsp3) is 0.308. The molecule has 2 heterocycles. The first-order valence-electron chi connectivity index (χ1n) is 5.80. The lowest BCUT2D eigenvalue weighted by Gasteiger charge is -2.09. The van der Waals surface area contributed by atoms with Crippen molar-refractivity contribution in [3.05, 3.63) is 47.4 Å². The van der Waals surface area contributed by atoms with Crippen molar-refractivity contribution in [2.45, 2.75) is 26.4 Å². The van der Waals surface area contributed by atoms with Crippen LogP contribution in [0.15, 0.2) is 36.5 Å². The molecular formula is C13H16ClN3. The van der Waals surface area contributed by atoms with Crippen LogP contribution in [0, 0.1) is 0 Å². The molecule has 0 aliphatic heterocycles. The van der Waals surface area contributed by atoms with Crippen LogP contribution in [-0.2, 0) is 13.1 Å². The standard InChI is InChI=1S/C13H16ClN3/c1-2-8-17-9-4-5-11(17)10-15-13-7-3-6-12(14)16-13/h3-7,9H,2,8,10H2,1H3,(H,15,16). The molecule has 0 bridgehead atoms. The van der Waals surface area contributed by atoms with Crippen molar-refractivity contribution in [1.82, 2.24) is 9.55 Å². The van der Waals surface area contributed by atoms with Crippen molar-refractivity contribution in [2.24, 2.45) is 0 Å². The summed E-state index contributed by atoms with van der Waals surface area (Å²) in [6.07, 6.45) is 3.24. The first kappa shape index (κ1) is 12.0. The van der Waals surface area contributed by atoms with Crippen molar-refractivity contribution in [2.75, 3.05) is 5.32 Å². The summed E-state index contributed by atoms with van der Waals surface area (Å²) in [5.74, 6) is 0.807. The van der Waals surface area contributed by atoms with Gasteiger partial charge in [-0.25, -0.2) is 4.98 Å². The Bertz CT molecular complexity index is 479. The van der Waals surface area contributed by atoms with Crippen LogP contribution in [0.5, 0.6) is 0 Å². The Balaban J connectivity index is 1.99. The maximum absolute atomic E-state index is 5.83. The third-order valence-electron chi connectivity index (χ3n) is 2.55. The van der Waals surface area contributed by atoms with Crippen LogP contribution in [-0.4, -0.2) is 9.55 Å². The molecule has 0 unspecified atom stereocenters. The van der Waals surface area contributed by atoms with Gasteiger partial charge in [0.15, 0.2) is 0 Å². The molecule has 1 N–H and O–H groups in total. The Morgan fingerprint density at radius 1 is 1.29 bits per heavy atom. The molecule has 90 valence electrons. The number of aromatic nitrogens is 2. The highest BCUT2D eigenvalue weighted by atomic mass is 35.5. The van der Waals surface area contributed by atoms with Gasteiger partial charge in [-0.15, -0.1) is 0 Å². The third kappa shape index (κ3) is 3.24. The number of pyridine rings is 1. The number of aryl methyl sites for hydroxylation is 1. The monoisotopic (exact) mass is 249 g/mol. The summed E-state index contributed by atoms with van der Waals surface area (Å²) in [6, 6.07) is 9.76. The Hall–Kier alpha value is -1.48. The molecule has 0 saturated carbocycles. The molecular weight excluding hydrogens is 234 g/mol. The molecule has 0 aliphatic rings. The summed E-state index contributed by atoms with van der Waals surface area (Å²) >= 11 is 5.83. The normalized spacial score (nSPS) is 10.5. The number of halogens is 1. The molecule has 0 saturated heterocycles. The number of nitrogens with zero attached hydrogens (tertiary/aromatic N) is 2. The molecule has 4 heteroatoms. The van der Waals surface area contributed by atoms with E-state index in [4.69, 9.17) is 11.6 Å². The topological polar surface area (TPSA) is 29.9 Å². The second kappa shape index (κ2) is 5.73. The molecule has 0 aromatic carbocycles. The van der Waals surface area contributed by atoms with E-state index in [1.54, 1.807) is 6.07 Å². The first-order chi connectivity index (χ1) is 8.29.